The minimum absolute atomic E-state index is 0.0694. The summed E-state index contributed by atoms with van der Waals surface area (Å²) in [6.07, 6.45) is 1.54. The van der Waals surface area contributed by atoms with E-state index in [0.29, 0.717) is 28.3 Å². The van der Waals surface area contributed by atoms with E-state index in [-0.39, 0.29) is 29.3 Å². The van der Waals surface area contributed by atoms with Crippen molar-refractivity contribution < 1.29 is 14.1 Å². The summed E-state index contributed by atoms with van der Waals surface area (Å²) in [5.41, 5.74) is 3.46. The normalized spacial score (nSPS) is 11.0. The van der Waals surface area contributed by atoms with Gasteiger partial charge in [0.15, 0.2) is 0 Å². The van der Waals surface area contributed by atoms with Gasteiger partial charge in [0.2, 0.25) is 17.2 Å². The van der Waals surface area contributed by atoms with Gasteiger partial charge < -0.3 is 19.1 Å². The minimum Gasteiger partial charge on any atom is -0.497 e. The fourth-order valence-electron chi connectivity index (χ4n) is 3.84. The van der Waals surface area contributed by atoms with E-state index in [1.54, 1.807) is 48.1 Å². The van der Waals surface area contributed by atoms with Gasteiger partial charge in [0.05, 0.1) is 12.5 Å². The highest BCUT2D eigenvalue weighted by molar-refractivity contribution is 5.92. The fraction of sp³-hybridized carbons (Fsp3) is 0.148. The molecule has 0 spiro atoms. The zero-order valence-electron chi connectivity index (χ0n) is 20.0. The summed E-state index contributed by atoms with van der Waals surface area (Å²) in [6.45, 7) is 3.73. The fourth-order valence-corrected chi connectivity index (χ4v) is 3.84. The number of anilines is 1. The summed E-state index contributed by atoms with van der Waals surface area (Å²) in [4.78, 5) is 35.2. The SMILES string of the molecule is COc1cccc(NC(=O)Cn2cc(-c3nc(-c4ccc(C)cc4)no3)c(=O)c3ccc(C)nc32)c1. The van der Waals surface area contributed by atoms with Gasteiger partial charge in [0, 0.05) is 29.2 Å². The Bertz CT molecular complexity index is 1640. The number of nitrogens with one attached hydrogen (secondary N) is 1. The number of fused-ring (bicyclic) bond motifs is 1. The molecule has 0 aliphatic heterocycles. The second-order valence-electron chi connectivity index (χ2n) is 8.39. The Balaban J connectivity index is 1.53. The summed E-state index contributed by atoms with van der Waals surface area (Å²) in [5.74, 6) is 0.768. The minimum atomic E-state index is -0.305. The number of benzene rings is 2. The predicted octanol–water partition coefficient (Wildman–Crippen LogP) is 4.38. The van der Waals surface area contributed by atoms with Crippen LogP contribution in [0.2, 0.25) is 0 Å². The molecule has 5 rings (SSSR count). The van der Waals surface area contributed by atoms with E-state index in [9.17, 15) is 9.59 Å². The number of methoxy groups -OCH3 is 1. The molecule has 1 amide bonds. The van der Waals surface area contributed by atoms with Crippen LogP contribution in [0.15, 0.2) is 76.2 Å². The summed E-state index contributed by atoms with van der Waals surface area (Å²) in [7, 11) is 1.56. The molecule has 180 valence electrons. The first kappa shape index (κ1) is 23.0. The quantitative estimate of drug-likeness (QED) is 0.383. The Hall–Kier alpha value is -4.79. The van der Waals surface area contributed by atoms with E-state index in [4.69, 9.17) is 9.26 Å². The standard InChI is InChI=1S/C27H23N5O4/c1-16-7-10-18(11-8-16)25-30-27(36-31-25)22-14-32(26-21(24(22)34)12-9-17(2)28-26)15-23(33)29-19-5-4-6-20(13-19)35-3/h4-14H,15H2,1-3H3,(H,29,33). The zero-order valence-corrected chi connectivity index (χ0v) is 20.0. The van der Waals surface area contributed by atoms with Crippen LogP contribution in [0.1, 0.15) is 11.3 Å². The molecule has 0 radical (unpaired) electrons. The van der Waals surface area contributed by atoms with Gasteiger partial charge in [-0.05, 0) is 38.1 Å². The molecule has 0 saturated heterocycles. The van der Waals surface area contributed by atoms with Crippen molar-refractivity contribution in [2.75, 3.05) is 12.4 Å². The maximum atomic E-state index is 13.3. The number of nitrogens with zero attached hydrogens (tertiary/aromatic N) is 4. The van der Waals surface area contributed by atoms with Crippen molar-refractivity contribution in [1.29, 1.82) is 0 Å². The number of amides is 1. The van der Waals surface area contributed by atoms with Crippen molar-refractivity contribution in [3.05, 3.63) is 88.3 Å². The molecule has 9 heteroatoms. The lowest BCUT2D eigenvalue weighted by Crippen LogP contribution is -2.22. The highest BCUT2D eigenvalue weighted by atomic mass is 16.5. The van der Waals surface area contributed by atoms with Gasteiger partial charge in [-0.1, -0.05) is 41.1 Å². The van der Waals surface area contributed by atoms with Crippen molar-refractivity contribution in [3.8, 4) is 28.6 Å². The third kappa shape index (κ3) is 4.58. The second-order valence-corrected chi connectivity index (χ2v) is 8.39. The van der Waals surface area contributed by atoms with Crippen molar-refractivity contribution >= 4 is 22.6 Å². The highest BCUT2D eigenvalue weighted by Gasteiger charge is 2.19. The molecule has 0 atom stereocenters. The molecule has 1 N–H and O–H groups in total. The van der Waals surface area contributed by atoms with Crippen LogP contribution in [-0.2, 0) is 11.3 Å². The number of aromatic nitrogens is 4. The number of carbonyl (C=O) groups is 1. The third-order valence-corrected chi connectivity index (χ3v) is 5.69. The largest absolute Gasteiger partial charge is 0.497 e. The number of hydrogen-bond acceptors (Lipinski definition) is 7. The van der Waals surface area contributed by atoms with Crippen LogP contribution < -0.4 is 15.5 Å². The Morgan fingerprint density at radius 3 is 2.64 bits per heavy atom. The van der Waals surface area contributed by atoms with E-state index in [1.165, 1.54) is 6.20 Å². The third-order valence-electron chi connectivity index (χ3n) is 5.69. The summed E-state index contributed by atoms with van der Waals surface area (Å²) < 4.78 is 12.3. The lowest BCUT2D eigenvalue weighted by molar-refractivity contribution is -0.116. The molecule has 2 aromatic carbocycles. The van der Waals surface area contributed by atoms with Crippen molar-refractivity contribution in [2.45, 2.75) is 20.4 Å². The molecule has 0 unspecified atom stereocenters. The monoisotopic (exact) mass is 481 g/mol. The highest BCUT2D eigenvalue weighted by Crippen LogP contribution is 2.23. The van der Waals surface area contributed by atoms with Crippen LogP contribution >= 0.6 is 0 Å². The molecule has 9 nitrogen and oxygen atoms in total. The topological polar surface area (TPSA) is 112 Å². The number of carbonyl (C=O) groups excluding carboxylic acids is 1. The summed E-state index contributed by atoms with van der Waals surface area (Å²) in [5, 5.41) is 7.25. The first-order chi connectivity index (χ1) is 17.4. The molecular formula is C27H23N5O4. The van der Waals surface area contributed by atoms with Crippen LogP contribution in [0.25, 0.3) is 33.9 Å². The first-order valence-electron chi connectivity index (χ1n) is 11.3. The van der Waals surface area contributed by atoms with Gasteiger partial charge in [-0.3, -0.25) is 9.59 Å². The van der Waals surface area contributed by atoms with Crippen molar-refractivity contribution in [3.63, 3.8) is 0 Å². The second kappa shape index (κ2) is 9.46. The zero-order chi connectivity index (χ0) is 25.2. The van der Waals surface area contributed by atoms with E-state index < -0.39 is 0 Å². The number of hydrogen-bond donors (Lipinski definition) is 1. The Kier molecular flexibility index (Phi) is 6.03. The van der Waals surface area contributed by atoms with Gasteiger partial charge in [0.1, 0.15) is 23.5 Å². The molecule has 0 aliphatic carbocycles. The van der Waals surface area contributed by atoms with E-state index in [1.807, 2.05) is 38.1 Å². The Morgan fingerprint density at radius 1 is 1.06 bits per heavy atom. The number of rotatable bonds is 6. The maximum Gasteiger partial charge on any atom is 0.263 e. The molecular weight excluding hydrogens is 458 g/mol. The van der Waals surface area contributed by atoms with E-state index >= 15 is 0 Å². The van der Waals surface area contributed by atoms with Gasteiger partial charge in [-0.25, -0.2) is 4.98 Å². The Labute approximate surface area is 206 Å². The lowest BCUT2D eigenvalue weighted by atomic mass is 10.1. The van der Waals surface area contributed by atoms with Gasteiger partial charge in [-0.2, -0.15) is 4.98 Å². The van der Waals surface area contributed by atoms with Crippen LogP contribution in [0.4, 0.5) is 5.69 Å². The molecule has 36 heavy (non-hydrogen) atoms. The smallest absolute Gasteiger partial charge is 0.263 e. The predicted molar refractivity (Wildman–Crippen MR) is 136 cm³/mol. The first-order valence-corrected chi connectivity index (χ1v) is 11.3. The Morgan fingerprint density at radius 2 is 1.86 bits per heavy atom. The maximum absolute atomic E-state index is 13.3. The number of ether oxygens (including phenoxy) is 1. The van der Waals surface area contributed by atoms with E-state index in [0.717, 1.165) is 16.8 Å². The van der Waals surface area contributed by atoms with Gasteiger partial charge in [-0.15, -0.1) is 0 Å². The van der Waals surface area contributed by atoms with Crippen molar-refractivity contribution in [1.82, 2.24) is 19.7 Å². The van der Waals surface area contributed by atoms with Crippen LogP contribution in [0, 0.1) is 13.8 Å². The summed E-state index contributed by atoms with van der Waals surface area (Å²) in [6, 6.07) is 18.2. The molecule has 0 saturated carbocycles. The summed E-state index contributed by atoms with van der Waals surface area (Å²) >= 11 is 0. The average Bonchev–Trinajstić information content (AvgIpc) is 3.36. The number of pyridine rings is 2. The van der Waals surface area contributed by atoms with Crippen LogP contribution in [0.3, 0.4) is 0 Å². The van der Waals surface area contributed by atoms with Crippen LogP contribution in [0.5, 0.6) is 5.75 Å². The van der Waals surface area contributed by atoms with Crippen molar-refractivity contribution in [2.24, 2.45) is 0 Å². The molecule has 5 aromatic rings. The van der Waals surface area contributed by atoms with E-state index in [2.05, 4.69) is 20.4 Å². The van der Waals surface area contributed by atoms with Gasteiger partial charge in [0.25, 0.3) is 5.89 Å². The average molecular weight is 482 g/mol. The molecule has 0 aliphatic rings. The molecule has 3 heterocycles. The lowest BCUT2D eigenvalue weighted by Gasteiger charge is -2.13. The number of aryl methyl sites for hydroxylation is 2. The molecule has 3 aromatic heterocycles. The molecule has 0 bridgehead atoms. The van der Waals surface area contributed by atoms with Gasteiger partial charge >= 0.3 is 0 Å². The molecule has 0 fully saturated rings. The van der Waals surface area contributed by atoms with Crippen LogP contribution in [-0.4, -0.2) is 32.7 Å².